The van der Waals surface area contributed by atoms with Gasteiger partial charge in [0.05, 0.1) is 13.2 Å². The smallest absolute Gasteiger partial charge is 0.388 e. The van der Waals surface area contributed by atoms with E-state index >= 15 is 0 Å². The second-order valence-electron chi connectivity index (χ2n) is 2.48. The minimum absolute atomic E-state index is 0.546. The molecule has 0 aromatic rings. The average molecular weight is 286 g/mol. The van der Waals surface area contributed by atoms with Crippen LogP contribution in [0.2, 0.25) is 0 Å². The maximum atomic E-state index is 9.68. The molecule has 0 bridgehead atoms. The van der Waals surface area contributed by atoms with Gasteiger partial charge in [0.15, 0.2) is 5.78 Å². The van der Waals surface area contributed by atoms with E-state index in [0.29, 0.717) is 13.2 Å². The van der Waals surface area contributed by atoms with Crippen LogP contribution in [-0.4, -0.2) is 57.1 Å². The summed E-state index contributed by atoms with van der Waals surface area (Å²) in [6.07, 6.45) is 3.42. The largest absolute Gasteiger partial charge is 0.466 e. The highest BCUT2D eigenvalue weighted by molar-refractivity contribution is 7.45. The van der Waals surface area contributed by atoms with E-state index in [2.05, 4.69) is 13.2 Å². The topological polar surface area (TPSA) is 145 Å². The first kappa shape index (κ1) is 22.3. The molecule has 18 heavy (non-hydrogen) atoms. The van der Waals surface area contributed by atoms with Crippen LogP contribution < -0.4 is 0 Å². The van der Waals surface area contributed by atoms with Crippen molar-refractivity contribution in [2.45, 2.75) is 0 Å². The highest BCUT2D eigenvalue weighted by Crippen LogP contribution is 2.25. The third kappa shape index (κ3) is 59.4. The van der Waals surface area contributed by atoms with Gasteiger partial charge in [0.2, 0.25) is 0 Å². The second-order valence-corrected chi connectivity index (χ2v) is 3.51. The summed E-state index contributed by atoms with van der Waals surface area (Å²) in [7, 11) is -4.64. The minimum atomic E-state index is -4.64. The fourth-order valence-electron chi connectivity index (χ4n) is 0.285. The fraction of sp³-hybridized carbons (Fsp3) is 0.444. The lowest BCUT2D eigenvalue weighted by Gasteiger charge is -1.89. The van der Waals surface area contributed by atoms with Crippen molar-refractivity contribution in [2.75, 3.05) is 26.4 Å². The van der Waals surface area contributed by atoms with Gasteiger partial charge in [-0.15, -0.1) is 13.2 Å². The number of ether oxygens (including phenoxy) is 1. The predicted molar refractivity (Wildman–Crippen MR) is 64.7 cm³/mol. The van der Waals surface area contributed by atoms with Crippen LogP contribution in [0.3, 0.4) is 0 Å². The highest BCUT2D eigenvalue weighted by atomic mass is 31.2. The summed E-state index contributed by atoms with van der Waals surface area (Å²) in [5.41, 5.74) is 0. The van der Waals surface area contributed by atoms with E-state index in [1.165, 1.54) is 0 Å². The van der Waals surface area contributed by atoms with E-state index in [4.69, 9.17) is 34.2 Å². The van der Waals surface area contributed by atoms with Crippen LogP contribution >= 0.6 is 7.82 Å². The van der Waals surface area contributed by atoms with Crippen molar-refractivity contribution in [3.05, 3.63) is 25.3 Å². The number of rotatable bonds is 6. The number of carbonyl (C=O) groups excluding carboxylic acids is 1. The van der Waals surface area contributed by atoms with Gasteiger partial charge in [-0.3, -0.25) is 4.79 Å². The lowest BCUT2D eigenvalue weighted by Crippen LogP contribution is -2.07. The zero-order chi connectivity index (χ0) is 15.0. The Hall–Kier alpha value is -0.860. The molecule has 5 N–H and O–H groups in total. The van der Waals surface area contributed by atoms with Gasteiger partial charge in [0.1, 0.15) is 13.2 Å². The van der Waals surface area contributed by atoms with Gasteiger partial charge in [-0.25, -0.2) is 4.57 Å². The molecule has 0 aliphatic carbocycles. The maximum Gasteiger partial charge on any atom is 0.466 e. The van der Waals surface area contributed by atoms with Crippen LogP contribution in [0.15, 0.2) is 25.3 Å². The molecule has 9 heteroatoms. The number of aliphatic hydroxyl groups excluding tert-OH is 2. The second kappa shape index (κ2) is 16.1. The number of hydrogen-bond donors (Lipinski definition) is 5. The van der Waals surface area contributed by atoms with Gasteiger partial charge in [-0.2, -0.15) is 0 Å². The fourth-order valence-corrected chi connectivity index (χ4v) is 0.285. The molecule has 0 saturated heterocycles. The van der Waals surface area contributed by atoms with Crippen molar-refractivity contribution in [3.8, 4) is 0 Å². The molecule has 0 saturated carbocycles. The summed E-state index contributed by atoms with van der Waals surface area (Å²) in [6.45, 7) is 7.06. The number of carbonyl (C=O) groups is 1. The summed E-state index contributed by atoms with van der Waals surface area (Å²) in [4.78, 5) is 31.2. The molecule has 0 fully saturated rings. The lowest BCUT2D eigenvalue weighted by atomic mass is 10.5. The molecule has 0 rings (SSSR count). The lowest BCUT2D eigenvalue weighted by molar-refractivity contribution is -0.124. The minimum Gasteiger partial charge on any atom is -0.388 e. The Labute approximate surface area is 105 Å². The van der Waals surface area contributed by atoms with E-state index < -0.39 is 26.8 Å². The first-order valence-corrected chi connectivity index (χ1v) is 6.10. The SMILES string of the molecule is C=CCOCC=C.O=C(CO)CO.O=P(O)(O)O. The van der Waals surface area contributed by atoms with E-state index in [-0.39, 0.29) is 0 Å². The molecule has 0 spiro atoms. The summed E-state index contributed by atoms with van der Waals surface area (Å²) in [6, 6.07) is 0. The molecule has 0 aliphatic rings. The Morgan fingerprint density at radius 3 is 1.44 bits per heavy atom. The molecule has 8 nitrogen and oxygen atoms in total. The van der Waals surface area contributed by atoms with Gasteiger partial charge < -0.3 is 29.6 Å². The Morgan fingerprint density at radius 2 is 1.33 bits per heavy atom. The molecule has 108 valence electrons. The van der Waals surface area contributed by atoms with Crippen molar-refractivity contribution in [1.29, 1.82) is 0 Å². The van der Waals surface area contributed by atoms with Gasteiger partial charge in [-0.1, -0.05) is 12.2 Å². The molecule has 0 atom stereocenters. The third-order valence-electron chi connectivity index (χ3n) is 0.824. The monoisotopic (exact) mass is 286 g/mol. The van der Waals surface area contributed by atoms with Crippen LogP contribution in [0.25, 0.3) is 0 Å². The number of aliphatic hydroxyl groups is 2. The van der Waals surface area contributed by atoms with Crippen LogP contribution in [0.5, 0.6) is 0 Å². The molecule has 0 aliphatic heterocycles. The number of Topliss-reactive ketones (excluding diaryl/α,β-unsaturated/α-hetero) is 1. The Kier molecular flexibility index (Phi) is 20.0. The maximum absolute atomic E-state index is 9.68. The van der Waals surface area contributed by atoms with Gasteiger partial charge in [0, 0.05) is 0 Å². The zero-order valence-electron chi connectivity index (χ0n) is 9.81. The summed E-state index contributed by atoms with van der Waals surface area (Å²) in [5, 5.41) is 15.7. The molecule has 0 aromatic carbocycles. The van der Waals surface area contributed by atoms with Crippen LogP contribution in [0, 0.1) is 0 Å². The van der Waals surface area contributed by atoms with Crippen molar-refractivity contribution < 1.29 is 39.0 Å². The molecule has 0 heterocycles. The van der Waals surface area contributed by atoms with Gasteiger partial charge in [0.25, 0.3) is 0 Å². The van der Waals surface area contributed by atoms with Crippen LogP contribution in [0.1, 0.15) is 0 Å². The molecule has 0 radical (unpaired) electrons. The summed E-state index contributed by atoms with van der Waals surface area (Å²) < 4.78 is 13.8. The van der Waals surface area contributed by atoms with E-state index in [1.807, 2.05) is 0 Å². The normalized spacial score (nSPS) is 9.17. The highest BCUT2D eigenvalue weighted by Gasteiger charge is 2.00. The van der Waals surface area contributed by atoms with Crippen molar-refractivity contribution in [1.82, 2.24) is 0 Å². The number of phosphoric acid groups is 1. The molecular weight excluding hydrogens is 267 g/mol. The zero-order valence-corrected chi connectivity index (χ0v) is 10.7. The number of ketones is 1. The summed E-state index contributed by atoms with van der Waals surface area (Å²) in [5.74, 6) is -0.546. The third-order valence-corrected chi connectivity index (χ3v) is 0.824. The van der Waals surface area contributed by atoms with Gasteiger partial charge in [-0.05, 0) is 0 Å². The van der Waals surface area contributed by atoms with Crippen molar-refractivity contribution in [3.63, 3.8) is 0 Å². The molecule has 0 unspecified atom stereocenters. The van der Waals surface area contributed by atoms with E-state index in [9.17, 15) is 4.79 Å². The molecular formula is C9H19O8P. The van der Waals surface area contributed by atoms with Crippen LogP contribution in [-0.2, 0) is 14.1 Å². The van der Waals surface area contributed by atoms with E-state index in [0.717, 1.165) is 0 Å². The Balaban J connectivity index is -0.000000190. The molecule has 0 aromatic heterocycles. The first-order valence-electron chi connectivity index (χ1n) is 4.54. The average Bonchev–Trinajstić information content (AvgIpc) is 2.27. The Bertz CT molecular complexity index is 237. The standard InChI is InChI=1S/C6H10O.C3H6O3.H3O4P/c1-3-5-7-6-4-2;4-1-3(6)2-5;1-5(2,3)4/h3-4H,1-2,5-6H2;4-5H,1-2H2;(H3,1,2,3,4). The van der Waals surface area contributed by atoms with Crippen molar-refractivity contribution >= 4 is 13.6 Å². The van der Waals surface area contributed by atoms with Crippen LogP contribution in [0.4, 0.5) is 0 Å². The van der Waals surface area contributed by atoms with E-state index in [1.54, 1.807) is 12.2 Å². The number of hydrogen-bond acceptors (Lipinski definition) is 5. The Morgan fingerprint density at radius 1 is 1.06 bits per heavy atom. The first-order chi connectivity index (χ1) is 8.22. The predicted octanol–water partition coefficient (Wildman–Crippen LogP) is -1.01. The van der Waals surface area contributed by atoms with Gasteiger partial charge >= 0.3 is 7.82 Å². The molecule has 0 amide bonds. The summed E-state index contributed by atoms with van der Waals surface area (Å²) >= 11 is 0. The quantitative estimate of drug-likeness (QED) is 0.237. The van der Waals surface area contributed by atoms with Crippen molar-refractivity contribution in [2.24, 2.45) is 0 Å².